The van der Waals surface area contributed by atoms with Gasteiger partial charge in [-0.15, -0.1) is 0 Å². The Bertz CT molecular complexity index is 627. The lowest BCUT2D eigenvalue weighted by Gasteiger charge is -2.35. The molecule has 0 spiro atoms. The molecule has 2 saturated heterocycles. The Morgan fingerprint density at radius 2 is 1.23 bits per heavy atom. The third-order valence-corrected chi connectivity index (χ3v) is 8.77. The van der Waals surface area contributed by atoms with Gasteiger partial charge in [0.2, 0.25) is 0 Å². The average Bonchev–Trinajstić information content (AvgIpc) is 3.48. The third-order valence-electron chi connectivity index (χ3n) is 8.77. The van der Waals surface area contributed by atoms with Crippen LogP contribution in [0.1, 0.15) is 148 Å². The second-order valence-corrected chi connectivity index (χ2v) is 12.3. The number of hydrogen-bond donors (Lipinski definition) is 2. The number of hydrogen-bond acceptors (Lipinski definition) is 4. The molecule has 1 unspecified atom stereocenters. The summed E-state index contributed by atoms with van der Waals surface area (Å²) in [7, 11) is 0. The second-order valence-electron chi connectivity index (χ2n) is 12.3. The number of rotatable bonds is 23. The summed E-state index contributed by atoms with van der Waals surface area (Å²) in [6.45, 7) is 8.01. The van der Waals surface area contributed by atoms with E-state index in [1.165, 1.54) is 109 Å². The van der Waals surface area contributed by atoms with Crippen molar-refractivity contribution in [2.45, 2.75) is 154 Å². The fourth-order valence-electron chi connectivity index (χ4n) is 6.20. The summed E-state index contributed by atoms with van der Waals surface area (Å²) >= 11 is 0. The Balaban J connectivity index is 1.39. The Labute approximate surface area is 246 Å². The van der Waals surface area contributed by atoms with Gasteiger partial charge in [0.15, 0.2) is 0 Å². The van der Waals surface area contributed by atoms with Crippen LogP contribution in [-0.4, -0.2) is 73.8 Å². The number of amides is 3. The molecule has 7 nitrogen and oxygen atoms in total. The minimum atomic E-state index is -0.338. The second kappa shape index (κ2) is 24.1. The molecule has 40 heavy (non-hydrogen) atoms. The summed E-state index contributed by atoms with van der Waals surface area (Å²) in [6.07, 6.45) is 27.8. The number of piperidine rings is 1. The first-order valence-electron chi connectivity index (χ1n) is 17.4. The number of ether oxygens (including phenoxy) is 1. The molecule has 2 fully saturated rings. The van der Waals surface area contributed by atoms with Gasteiger partial charge in [-0.25, -0.2) is 9.59 Å². The van der Waals surface area contributed by atoms with E-state index < -0.39 is 0 Å². The number of unbranched alkanes of at least 4 members (excludes halogenated alkanes) is 15. The molecule has 0 bridgehead atoms. The van der Waals surface area contributed by atoms with Crippen LogP contribution < -0.4 is 10.6 Å². The molecule has 2 N–H and O–H groups in total. The van der Waals surface area contributed by atoms with Gasteiger partial charge >= 0.3 is 12.1 Å². The van der Waals surface area contributed by atoms with Crippen molar-refractivity contribution < 1.29 is 14.3 Å². The highest BCUT2D eigenvalue weighted by Crippen LogP contribution is 2.20. The lowest BCUT2D eigenvalue weighted by Crippen LogP contribution is -2.49. The van der Waals surface area contributed by atoms with Crippen LogP contribution in [0.25, 0.3) is 0 Å². The Kier molecular flexibility index (Phi) is 20.9. The fourth-order valence-corrected chi connectivity index (χ4v) is 6.20. The average molecular weight is 565 g/mol. The molecule has 3 amide bonds. The number of urea groups is 1. The molecule has 0 radical (unpaired) electrons. The van der Waals surface area contributed by atoms with Crippen LogP contribution in [0.15, 0.2) is 0 Å². The van der Waals surface area contributed by atoms with Crippen molar-refractivity contribution >= 4 is 12.1 Å². The number of carbonyl (C=O) groups is 2. The smallest absolute Gasteiger partial charge is 0.407 e. The molecular formula is C33H64N4O3. The number of likely N-dealkylation sites (tertiary alicyclic amines) is 2. The highest BCUT2D eigenvalue weighted by molar-refractivity contribution is 5.74. The minimum absolute atomic E-state index is 0.0562. The SMILES string of the molecule is CCCCCCCCCCCCCCCCCCNC(=O)N1CCCCC1CCOC(=O)NCCN1CCCC1. The van der Waals surface area contributed by atoms with Crippen molar-refractivity contribution in [3.8, 4) is 0 Å². The van der Waals surface area contributed by atoms with Crippen molar-refractivity contribution in [1.29, 1.82) is 0 Å². The van der Waals surface area contributed by atoms with Crippen molar-refractivity contribution in [1.82, 2.24) is 20.4 Å². The van der Waals surface area contributed by atoms with E-state index in [0.717, 1.165) is 58.4 Å². The molecule has 0 aliphatic carbocycles. The van der Waals surface area contributed by atoms with Crippen LogP contribution >= 0.6 is 0 Å². The predicted octanol–water partition coefficient (Wildman–Crippen LogP) is 8.02. The molecule has 0 aromatic rings. The lowest BCUT2D eigenvalue weighted by molar-refractivity contribution is 0.111. The number of carbonyl (C=O) groups excluding carboxylic acids is 2. The fraction of sp³-hybridized carbons (Fsp3) is 0.939. The number of nitrogens with one attached hydrogen (secondary N) is 2. The highest BCUT2D eigenvalue weighted by atomic mass is 16.5. The first kappa shape index (κ1) is 34.7. The predicted molar refractivity (Wildman–Crippen MR) is 167 cm³/mol. The Morgan fingerprint density at radius 1 is 0.675 bits per heavy atom. The van der Waals surface area contributed by atoms with E-state index in [4.69, 9.17) is 4.74 Å². The maximum atomic E-state index is 12.8. The van der Waals surface area contributed by atoms with Gasteiger partial charge in [-0.2, -0.15) is 0 Å². The highest BCUT2D eigenvalue weighted by Gasteiger charge is 2.26. The van der Waals surface area contributed by atoms with Crippen LogP contribution in [0.5, 0.6) is 0 Å². The molecule has 0 aromatic heterocycles. The standard InChI is InChI=1S/C33H64N4O3/c1-2-3-4-5-6-7-8-9-10-11-12-13-14-15-16-18-24-34-32(38)37-28-19-17-22-31(37)23-30-40-33(39)35-25-29-36-26-20-21-27-36/h31H,2-30H2,1H3,(H,34,38)(H,35,39). The van der Waals surface area contributed by atoms with Crippen LogP contribution in [0.4, 0.5) is 9.59 Å². The number of alkyl carbamates (subject to hydrolysis) is 1. The van der Waals surface area contributed by atoms with Gasteiger partial charge in [-0.3, -0.25) is 0 Å². The summed E-state index contributed by atoms with van der Waals surface area (Å²) in [6, 6.07) is 0.220. The van der Waals surface area contributed by atoms with Gasteiger partial charge in [-0.05, 0) is 51.6 Å². The van der Waals surface area contributed by atoms with Gasteiger partial charge in [0, 0.05) is 38.6 Å². The van der Waals surface area contributed by atoms with Crippen molar-refractivity contribution in [2.75, 3.05) is 45.9 Å². The van der Waals surface area contributed by atoms with Gasteiger partial charge in [0.05, 0.1) is 6.61 Å². The summed E-state index contributed by atoms with van der Waals surface area (Å²) in [5.41, 5.74) is 0. The van der Waals surface area contributed by atoms with E-state index in [0.29, 0.717) is 19.6 Å². The first-order valence-corrected chi connectivity index (χ1v) is 17.4. The largest absolute Gasteiger partial charge is 0.449 e. The van der Waals surface area contributed by atoms with Gasteiger partial charge in [0.25, 0.3) is 0 Å². The molecule has 2 aliphatic heterocycles. The summed E-state index contributed by atoms with van der Waals surface area (Å²) in [4.78, 5) is 29.2. The molecular weight excluding hydrogens is 500 g/mol. The van der Waals surface area contributed by atoms with E-state index in [1.807, 2.05) is 4.90 Å². The lowest BCUT2D eigenvalue weighted by atomic mass is 10.00. The van der Waals surface area contributed by atoms with E-state index in [9.17, 15) is 9.59 Å². The maximum absolute atomic E-state index is 12.8. The van der Waals surface area contributed by atoms with Crippen LogP contribution in [0.2, 0.25) is 0 Å². The maximum Gasteiger partial charge on any atom is 0.407 e. The molecule has 0 saturated carbocycles. The molecule has 2 heterocycles. The van der Waals surface area contributed by atoms with E-state index in [2.05, 4.69) is 22.5 Å². The third kappa shape index (κ3) is 17.3. The Hall–Kier alpha value is -1.50. The zero-order chi connectivity index (χ0) is 28.5. The van der Waals surface area contributed by atoms with Gasteiger partial charge < -0.3 is 25.2 Å². The summed E-state index contributed by atoms with van der Waals surface area (Å²) in [5.74, 6) is 0. The summed E-state index contributed by atoms with van der Waals surface area (Å²) < 4.78 is 5.41. The number of nitrogens with zero attached hydrogens (tertiary/aromatic N) is 2. The zero-order valence-corrected chi connectivity index (χ0v) is 26.2. The zero-order valence-electron chi connectivity index (χ0n) is 26.2. The van der Waals surface area contributed by atoms with Gasteiger partial charge in [0.1, 0.15) is 0 Å². The topological polar surface area (TPSA) is 73.9 Å². The minimum Gasteiger partial charge on any atom is -0.449 e. The van der Waals surface area contributed by atoms with Crippen LogP contribution in [0, 0.1) is 0 Å². The van der Waals surface area contributed by atoms with E-state index >= 15 is 0 Å². The normalized spacial score (nSPS) is 17.7. The molecule has 234 valence electrons. The van der Waals surface area contributed by atoms with Crippen molar-refractivity contribution in [2.24, 2.45) is 0 Å². The molecule has 1 atom stereocenters. The first-order chi connectivity index (χ1) is 19.7. The quantitative estimate of drug-likeness (QED) is 0.123. The Morgan fingerprint density at radius 3 is 1.82 bits per heavy atom. The van der Waals surface area contributed by atoms with E-state index in [-0.39, 0.29) is 18.2 Å². The molecule has 0 aromatic carbocycles. The molecule has 2 rings (SSSR count). The summed E-state index contributed by atoms with van der Waals surface area (Å²) in [5, 5.41) is 6.01. The molecule has 2 aliphatic rings. The monoisotopic (exact) mass is 564 g/mol. The van der Waals surface area contributed by atoms with Crippen molar-refractivity contribution in [3.63, 3.8) is 0 Å². The van der Waals surface area contributed by atoms with Crippen molar-refractivity contribution in [3.05, 3.63) is 0 Å². The van der Waals surface area contributed by atoms with E-state index in [1.54, 1.807) is 0 Å². The van der Waals surface area contributed by atoms with Crippen LogP contribution in [0.3, 0.4) is 0 Å². The van der Waals surface area contributed by atoms with Gasteiger partial charge in [-0.1, -0.05) is 103 Å². The van der Waals surface area contributed by atoms with Crippen LogP contribution in [-0.2, 0) is 4.74 Å². The molecule has 7 heteroatoms.